The van der Waals surface area contributed by atoms with Crippen molar-refractivity contribution in [1.82, 2.24) is 20.1 Å². The maximum absolute atomic E-state index is 12.6. The van der Waals surface area contributed by atoms with Crippen molar-refractivity contribution in [2.24, 2.45) is 13.0 Å². The molecule has 1 aliphatic carbocycles. The van der Waals surface area contributed by atoms with Gasteiger partial charge < -0.3 is 14.5 Å². The molecule has 0 aromatic carbocycles. The predicted octanol–water partition coefficient (Wildman–Crippen LogP) is 2.72. The van der Waals surface area contributed by atoms with Crippen LogP contribution in [0, 0.1) is 26.7 Å². The second-order valence-corrected chi connectivity index (χ2v) is 7.50. The van der Waals surface area contributed by atoms with Crippen molar-refractivity contribution in [3.05, 3.63) is 34.3 Å². The van der Waals surface area contributed by atoms with Crippen molar-refractivity contribution in [1.29, 1.82) is 0 Å². The molecule has 2 fully saturated rings. The molecule has 7 heteroatoms. The van der Waals surface area contributed by atoms with E-state index in [4.69, 9.17) is 9.15 Å². The van der Waals surface area contributed by atoms with Crippen LogP contribution in [0.3, 0.4) is 0 Å². The summed E-state index contributed by atoms with van der Waals surface area (Å²) in [5.41, 5.74) is 3.93. The van der Waals surface area contributed by atoms with Crippen LogP contribution in [0.4, 0.5) is 0 Å². The molecular formula is C19H26N4O3. The summed E-state index contributed by atoms with van der Waals surface area (Å²) in [6, 6.07) is 0. The molecule has 2 aromatic rings. The van der Waals surface area contributed by atoms with E-state index in [-0.39, 0.29) is 17.9 Å². The molecule has 0 radical (unpaired) electrons. The Balaban J connectivity index is 1.44. The summed E-state index contributed by atoms with van der Waals surface area (Å²) in [7, 11) is 1.95. The number of hydrogen-bond acceptors (Lipinski definition) is 5. The molecule has 140 valence electrons. The lowest BCUT2D eigenvalue weighted by Crippen LogP contribution is -2.31. The van der Waals surface area contributed by atoms with Crippen LogP contribution in [0.15, 0.2) is 4.42 Å². The molecule has 4 rings (SSSR count). The third kappa shape index (κ3) is 3.05. The van der Waals surface area contributed by atoms with Crippen LogP contribution < -0.4 is 5.32 Å². The zero-order chi connectivity index (χ0) is 18.4. The van der Waals surface area contributed by atoms with Gasteiger partial charge in [-0.05, 0) is 40.0 Å². The van der Waals surface area contributed by atoms with Crippen molar-refractivity contribution in [3.8, 4) is 0 Å². The smallest absolute Gasteiger partial charge is 0.289 e. The Morgan fingerprint density at radius 3 is 2.65 bits per heavy atom. The van der Waals surface area contributed by atoms with Crippen LogP contribution in [0.2, 0.25) is 0 Å². The van der Waals surface area contributed by atoms with Crippen molar-refractivity contribution in [2.75, 3.05) is 13.2 Å². The monoisotopic (exact) mass is 358 g/mol. The Kier molecular flexibility index (Phi) is 4.34. The molecule has 1 N–H and O–H groups in total. The van der Waals surface area contributed by atoms with Crippen LogP contribution in [0.5, 0.6) is 0 Å². The van der Waals surface area contributed by atoms with Crippen molar-refractivity contribution in [3.63, 3.8) is 0 Å². The standard InChI is InChI=1S/C19H26N4O3/c1-10-15(12(3)23(4)22-10)17-14(7-8-25-17)9-20-18(24)16-11(2)21-19(26-16)13-5-6-13/h13-14,17H,5-9H2,1-4H3,(H,20,24)/t14-,17+/m1/s1. The number of carbonyl (C=O) groups is 1. The molecular weight excluding hydrogens is 332 g/mol. The number of aryl methyl sites for hydroxylation is 3. The molecule has 0 spiro atoms. The Morgan fingerprint density at radius 2 is 2.00 bits per heavy atom. The average molecular weight is 358 g/mol. The second kappa shape index (κ2) is 6.54. The first-order chi connectivity index (χ1) is 12.5. The highest BCUT2D eigenvalue weighted by molar-refractivity contribution is 5.92. The van der Waals surface area contributed by atoms with E-state index in [2.05, 4.69) is 22.3 Å². The first-order valence-corrected chi connectivity index (χ1v) is 9.33. The van der Waals surface area contributed by atoms with Crippen LogP contribution >= 0.6 is 0 Å². The number of carbonyl (C=O) groups excluding carboxylic acids is 1. The van der Waals surface area contributed by atoms with Gasteiger partial charge in [0, 0.05) is 43.3 Å². The normalized spacial score (nSPS) is 22.8. The lowest BCUT2D eigenvalue weighted by atomic mass is 9.94. The molecule has 7 nitrogen and oxygen atoms in total. The molecule has 1 aliphatic heterocycles. The van der Waals surface area contributed by atoms with Gasteiger partial charge in [-0.3, -0.25) is 9.48 Å². The minimum Gasteiger partial charge on any atom is -0.435 e. The van der Waals surface area contributed by atoms with Gasteiger partial charge in [-0.1, -0.05) is 0 Å². The fourth-order valence-electron chi connectivity index (χ4n) is 3.80. The number of aromatic nitrogens is 3. The first kappa shape index (κ1) is 17.3. The average Bonchev–Trinajstić information content (AvgIpc) is 3.15. The number of nitrogens with one attached hydrogen (secondary N) is 1. The third-order valence-corrected chi connectivity index (χ3v) is 5.53. The van der Waals surface area contributed by atoms with Crippen molar-refractivity contribution < 1.29 is 13.9 Å². The number of ether oxygens (including phenoxy) is 1. The van der Waals surface area contributed by atoms with Crippen molar-refractivity contribution >= 4 is 5.91 Å². The van der Waals surface area contributed by atoms with Gasteiger partial charge in [0.25, 0.3) is 5.91 Å². The maximum Gasteiger partial charge on any atom is 0.289 e. The van der Waals surface area contributed by atoms with E-state index in [0.717, 1.165) is 36.2 Å². The highest BCUT2D eigenvalue weighted by Crippen LogP contribution is 2.40. The van der Waals surface area contributed by atoms with E-state index in [0.29, 0.717) is 36.4 Å². The van der Waals surface area contributed by atoms with Crippen LogP contribution in [-0.2, 0) is 11.8 Å². The largest absolute Gasteiger partial charge is 0.435 e. The van der Waals surface area contributed by atoms with Gasteiger partial charge in [0.15, 0.2) is 5.89 Å². The molecule has 1 amide bonds. The molecule has 0 bridgehead atoms. The summed E-state index contributed by atoms with van der Waals surface area (Å²) >= 11 is 0. The zero-order valence-corrected chi connectivity index (χ0v) is 15.8. The van der Waals surface area contributed by atoms with E-state index in [1.807, 2.05) is 25.6 Å². The Bertz CT molecular complexity index is 834. The molecule has 2 atom stereocenters. The number of hydrogen-bond donors (Lipinski definition) is 1. The van der Waals surface area contributed by atoms with Crippen LogP contribution in [0.1, 0.15) is 70.4 Å². The molecule has 2 aliphatic rings. The topological polar surface area (TPSA) is 82.2 Å². The molecule has 1 saturated carbocycles. The second-order valence-electron chi connectivity index (χ2n) is 7.50. The molecule has 26 heavy (non-hydrogen) atoms. The summed E-state index contributed by atoms with van der Waals surface area (Å²) in [4.78, 5) is 17.0. The lowest BCUT2D eigenvalue weighted by Gasteiger charge is -2.19. The lowest BCUT2D eigenvalue weighted by molar-refractivity contribution is 0.0825. The number of amides is 1. The minimum atomic E-state index is -0.188. The SMILES string of the molecule is Cc1nc(C2CC2)oc1C(=O)NC[C@H]1CCO[C@@H]1c1c(C)nn(C)c1C. The van der Waals surface area contributed by atoms with E-state index in [9.17, 15) is 4.79 Å². The minimum absolute atomic E-state index is 0.0261. The van der Waals surface area contributed by atoms with Crippen molar-refractivity contribution in [2.45, 2.75) is 52.1 Å². The molecule has 3 heterocycles. The molecule has 2 aromatic heterocycles. The Hall–Kier alpha value is -2.15. The summed E-state index contributed by atoms with van der Waals surface area (Å²) in [6.45, 7) is 7.15. The fraction of sp³-hybridized carbons (Fsp3) is 0.632. The molecule has 0 unspecified atom stereocenters. The summed E-state index contributed by atoms with van der Waals surface area (Å²) < 4.78 is 13.6. The number of nitrogens with zero attached hydrogens (tertiary/aromatic N) is 3. The highest BCUT2D eigenvalue weighted by Gasteiger charge is 2.35. The predicted molar refractivity (Wildman–Crippen MR) is 95.0 cm³/mol. The number of oxazole rings is 1. The summed E-state index contributed by atoms with van der Waals surface area (Å²) in [6.07, 6.45) is 3.10. The van der Waals surface area contributed by atoms with Crippen LogP contribution in [-0.4, -0.2) is 33.8 Å². The number of rotatable bonds is 5. The Morgan fingerprint density at radius 1 is 1.23 bits per heavy atom. The van der Waals surface area contributed by atoms with E-state index < -0.39 is 0 Å². The summed E-state index contributed by atoms with van der Waals surface area (Å²) in [5.74, 6) is 1.49. The van der Waals surface area contributed by atoms with E-state index in [1.165, 1.54) is 0 Å². The van der Waals surface area contributed by atoms with E-state index >= 15 is 0 Å². The molecule has 1 saturated heterocycles. The Labute approximate surface area is 153 Å². The zero-order valence-electron chi connectivity index (χ0n) is 15.8. The van der Waals surface area contributed by atoms with Gasteiger partial charge in [-0.15, -0.1) is 0 Å². The summed E-state index contributed by atoms with van der Waals surface area (Å²) in [5, 5.41) is 7.52. The first-order valence-electron chi connectivity index (χ1n) is 9.33. The third-order valence-electron chi connectivity index (χ3n) is 5.53. The van der Waals surface area contributed by atoms with Gasteiger partial charge in [0.2, 0.25) is 5.76 Å². The maximum atomic E-state index is 12.6. The van der Waals surface area contributed by atoms with Gasteiger partial charge in [-0.25, -0.2) is 4.98 Å². The van der Waals surface area contributed by atoms with Gasteiger partial charge in [0.05, 0.1) is 17.5 Å². The van der Waals surface area contributed by atoms with Crippen LogP contribution in [0.25, 0.3) is 0 Å². The van der Waals surface area contributed by atoms with Gasteiger partial charge in [-0.2, -0.15) is 5.10 Å². The highest BCUT2D eigenvalue weighted by atomic mass is 16.5. The van der Waals surface area contributed by atoms with Gasteiger partial charge in [0.1, 0.15) is 0 Å². The van der Waals surface area contributed by atoms with Gasteiger partial charge >= 0.3 is 0 Å². The fourth-order valence-corrected chi connectivity index (χ4v) is 3.80. The quantitative estimate of drug-likeness (QED) is 0.889. The van der Waals surface area contributed by atoms with E-state index in [1.54, 1.807) is 0 Å².